The first-order valence-electron chi connectivity index (χ1n) is 8.54. The Labute approximate surface area is 151 Å². The Hall–Kier alpha value is -3.02. The van der Waals surface area contributed by atoms with E-state index in [1.807, 2.05) is 25.1 Å². The number of hydrogen-bond acceptors (Lipinski definition) is 4. The van der Waals surface area contributed by atoms with E-state index in [9.17, 15) is 9.59 Å². The quantitative estimate of drug-likeness (QED) is 0.832. The van der Waals surface area contributed by atoms with Crippen LogP contribution in [0.3, 0.4) is 0 Å². The SMILES string of the molecule is CC(NC(=O)CCc1ccc(C(=O)O)cc1)c1ccc2c(c1)OCCO2. The third-order valence-corrected chi connectivity index (χ3v) is 4.29. The van der Waals surface area contributed by atoms with E-state index in [0.29, 0.717) is 31.8 Å². The molecule has 1 aliphatic rings. The van der Waals surface area contributed by atoms with Crippen molar-refractivity contribution in [1.29, 1.82) is 0 Å². The van der Waals surface area contributed by atoms with Gasteiger partial charge in [0.05, 0.1) is 11.6 Å². The molecule has 3 rings (SSSR count). The van der Waals surface area contributed by atoms with Crippen molar-refractivity contribution in [3.05, 3.63) is 59.2 Å². The first kappa shape index (κ1) is 17.8. The fourth-order valence-corrected chi connectivity index (χ4v) is 2.80. The molecule has 0 aliphatic carbocycles. The molecule has 6 heteroatoms. The summed E-state index contributed by atoms with van der Waals surface area (Å²) in [6.45, 7) is 2.99. The summed E-state index contributed by atoms with van der Waals surface area (Å²) in [6, 6.07) is 12.1. The molecule has 1 atom stereocenters. The Kier molecular flexibility index (Phi) is 5.41. The molecule has 0 fully saturated rings. The number of amides is 1. The Morgan fingerprint density at radius 1 is 1.08 bits per heavy atom. The van der Waals surface area contributed by atoms with Crippen molar-refractivity contribution in [1.82, 2.24) is 5.32 Å². The molecule has 2 N–H and O–H groups in total. The fraction of sp³-hybridized carbons (Fsp3) is 0.300. The van der Waals surface area contributed by atoms with Crippen molar-refractivity contribution < 1.29 is 24.2 Å². The second kappa shape index (κ2) is 7.91. The minimum Gasteiger partial charge on any atom is -0.486 e. The normalized spacial score (nSPS) is 13.7. The molecule has 1 aliphatic heterocycles. The Morgan fingerprint density at radius 3 is 2.46 bits per heavy atom. The first-order chi connectivity index (χ1) is 12.5. The molecular weight excluding hydrogens is 334 g/mol. The number of rotatable bonds is 6. The summed E-state index contributed by atoms with van der Waals surface area (Å²) in [4.78, 5) is 23.0. The highest BCUT2D eigenvalue weighted by atomic mass is 16.6. The zero-order valence-electron chi connectivity index (χ0n) is 14.5. The Balaban J connectivity index is 1.53. The number of ether oxygens (including phenoxy) is 2. The van der Waals surface area contributed by atoms with Crippen LogP contribution in [0.1, 0.15) is 40.9 Å². The van der Waals surface area contributed by atoms with E-state index in [4.69, 9.17) is 14.6 Å². The number of fused-ring (bicyclic) bond motifs is 1. The summed E-state index contributed by atoms with van der Waals surface area (Å²) in [6.07, 6.45) is 0.890. The standard InChI is InChI=1S/C20H21NO5/c1-13(16-7-8-17-18(12-16)26-11-10-25-17)21-19(22)9-4-14-2-5-15(6-3-14)20(23)24/h2-3,5-8,12-13H,4,9-11H2,1H3,(H,21,22)(H,23,24). The highest BCUT2D eigenvalue weighted by Gasteiger charge is 2.15. The molecule has 0 saturated heterocycles. The predicted molar refractivity (Wildman–Crippen MR) is 95.7 cm³/mol. The summed E-state index contributed by atoms with van der Waals surface area (Å²) in [5, 5.41) is 11.9. The van der Waals surface area contributed by atoms with Gasteiger partial charge >= 0.3 is 5.97 Å². The Morgan fingerprint density at radius 2 is 1.77 bits per heavy atom. The van der Waals surface area contributed by atoms with Crippen molar-refractivity contribution in [3.8, 4) is 11.5 Å². The van der Waals surface area contributed by atoms with Crippen LogP contribution in [-0.2, 0) is 11.2 Å². The van der Waals surface area contributed by atoms with E-state index < -0.39 is 5.97 Å². The molecule has 0 bridgehead atoms. The van der Waals surface area contributed by atoms with Gasteiger partial charge in [0.25, 0.3) is 0 Å². The van der Waals surface area contributed by atoms with E-state index in [2.05, 4.69) is 5.32 Å². The summed E-state index contributed by atoms with van der Waals surface area (Å²) in [7, 11) is 0. The van der Waals surface area contributed by atoms with Crippen LogP contribution in [0.5, 0.6) is 11.5 Å². The Bertz CT molecular complexity index is 800. The summed E-state index contributed by atoms with van der Waals surface area (Å²) >= 11 is 0. The number of hydrogen-bond donors (Lipinski definition) is 2. The molecule has 1 amide bonds. The lowest BCUT2D eigenvalue weighted by Gasteiger charge is -2.21. The van der Waals surface area contributed by atoms with Gasteiger partial charge in [0.1, 0.15) is 13.2 Å². The number of carbonyl (C=O) groups excluding carboxylic acids is 1. The molecule has 1 heterocycles. The molecule has 0 saturated carbocycles. The van der Waals surface area contributed by atoms with Gasteiger partial charge in [0.15, 0.2) is 11.5 Å². The van der Waals surface area contributed by atoms with Gasteiger partial charge in [-0.05, 0) is 48.7 Å². The number of benzene rings is 2. The fourth-order valence-electron chi connectivity index (χ4n) is 2.80. The number of aryl methyl sites for hydroxylation is 1. The van der Waals surface area contributed by atoms with E-state index in [0.717, 1.165) is 16.9 Å². The van der Waals surface area contributed by atoms with E-state index in [1.165, 1.54) is 0 Å². The van der Waals surface area contributed by atoms with Crippen molar-refractivity contribution in [2.75, 3.05) is 13.2 Å². The van der Waals surface area contributed by atoms with Gasteiger partial charge in [-0.1, -0.05) is 18.2 Å². The minimum atomic E-state index is -0.956. The topological polar surface area (TPSA) is 84.9 Å². The number of aromatic carboxylic acids is 1. The second-order valence-electron chi connectivity index (χ2n) is 6.19. The maximum Gasteiger partial charge on any atom is 0.335 e. The summed E-state index contributed by atoms with van der Waals surface area (Å²) in [5.74, 6) is 0.411. The molecule has 0 aromatic heterocycles. The lowest BCUT2D eigenvalue weighted by molar-refractivity contribution is -0.121. The van der Waals surface area contributed by atoms with Crippen molar-refractivity contribution >= 4 is 11.9 Å². The molecule has 136 valence electrons. The van der Waals surface area contributed by atoms with Crippen LogP contribution in [-0.4, -0.2) is 30.2 Å². The highest BCUT2D eigenvalue weighted by molar-refractivity contribution is 5.87. The molecule has 2 aromatic carbocycles. The highest BCUT2D eigenvalue weighted by Crippen LogP contribution is 2.32. The smallest absolute Gasteiger partial charge is 0.335 e. The monoisotopic (exact) mass is 355 g/mol. The molecule has 2 aromatic rings. The van der Waals surface area contributed by atoms with Gasteiger partial charge in [-0.25, -0.2) is 4.79 Å². The number of carboxylic acid groups (broad SMARTS) is 1. The predicted octanol–water partition coefficient (Wildman–Crippen LogP) is 2.97. The van der Waals surface area contributed by atoms with E-state index in [-0.39, 0.29) is 17.5 Å². The van der Waals surface area contributed by atoms with Crippen LogP contribution in [0.2, 0.25) is 0 Å². The van der Waals surface area contributed by atoms with Gasteiger partial charge in [-0.2, -0.15) is 0 Å². The maximum atomic E-state index is 12.2. The van der Waals surface area contributed by atoms with E-state index in [1.54, 1.807) is 24.3 Å². The largest absolute Gasteiger partial charge is 0.486 e. The molecule has 1 unspecified atom stereocenters. The minimum absolute atomic E-state index is 0.0605. The zero-order valence-corrected chi connectivity index (χ0v) is 14.5. The van der Waals surface area contributed by atoms with Crippen LogP contribution in [0.15, 0.2) is 42.5 Å². The summed E-state index contributed by atoms with van der Waals surface area (Å²) in [5.41, 5.74) is 2.12. The van der Waals surface area contributed by atoms with Crippen molar-refractivity contribution in [2.45, 2.75) is 25.8 Å². The van der Waals surface area contributed by atoms with Gasteiger partial charge in [-0.3, -0.25) is 4.79 Å². The maximum absolute atomic E-state index is 12.2. The molecule has 26 heavy (non-hydrogen) atoms. The lowest BCUT2D eigenvalue weighted by atomic mass is 10.1. The van der Waals surface area contributed by atoms with Crippen molar-refractivity contribution in [2.24, 2.45) is 0 Å². The summed E-state index contributed by atoms with van der Waals surface area (Å²) < 4.78 is 11.1. The molecule has 6 nitrogen and oxygen atoms in total. The third-order valence-electron chi connectivity index (χ3n) is 4.29. The van der Waals surface area contributed by atoms with Gasteiger partial charge in [-0.15, -0.1) is 0 Å². The first-order valence-corrected chi connectivity index (χ1v) is 8.54. The number of carboxylic acids is 1. The number of carbonyl (C=O) groups is 2. The van der Waals surface area contributed by atoms with Gasteiger partial charge < -0.3 is 19.9 Å². The van der Waals surface area contributed by atoms with Gasteiger partial charge in [0, 0.05) is 6.42 Å². The van der Waals surface area contributed by atoms with Gasteiger partial charge in [0.2, 0.25) is 5.91 Å². The van der Waals surface area contributed by atoms with Crippen LogP contribution in [0.25, 0.3) is 0 Å². The molecular formula is C20H21NO5. The van der Waals surface area contributed by atoms with Crippen LogP contribution in [0.4, 0.5) is 0 Å². The van der Waals surface area contributed by atoms with Crippen LogP contribution < -0.4 is 14.8 Å². The second-order valence-corrected chi connectivity index (χ2v) is 6.19. The average molecular weight is 355 g/mol. The zero-order chi connectivity index (χ0) is 18.5. The van der Waals surface area contributed by atoms with Crippen LogP contribution in [0, 0.1) is 0 Å². The lowest BCUT2D eigenvalue weighted by Crippen LogP contribution is -2.27. The average Bonchev–Trinajstić information content (AvgIpc) is 2.66. The third kappa shape index (κ3) is 4.33. The van der Waals surface area contributed by atoms with E-state index >= 15 is 0 Å². The van der Waals surface area contributed by atoms with Crippen molar-refractivity contribution in [3.63, 3.8) is 0 Å². The molecule has 0 spiro atoms. The molecule has 0 radical (unpaired) electrons. The number of nitrogens with one attached hydrogen (secondary N) is 1. The van der Waals surface area contributed by atoms with Crippen LogP contribution >= 0.6 is 0 Å².